The van der Waals surface area contributed by atoms with Crippen LogP contribution in [0, 0.1) is 27.7 Å². The number of rotatable bonds is 0. The second kappa shape index (κ2) is 5.23. The third-order valence-electron chi connectivity index (χ3n) is 6.70. The minimum absolute atomic E-state index is 1.36. The molecule has 0 fully saturated rings. The van der Waals surface area contributed by atoms with E-state index in [1.807, 2.05) is 0 Å². The minimum Gasteiger partial charge on any atom is -0.0613 e. The van der Waals surface area contributed by atoms with E-state index in [-0.39, 0.29) is 0 Å². The molecule has 0 N–H and O–H groups in total. The monoisotopic (exact) mass is 358 g/mol. The molecular formula is C28H22. The Bertz CT molecular complexity index is 1460. The molecule has 134 valence electrons. The van der Waals surface area contributed by atoms with Crippen LogP contribution in [0.1, 0.15) is 22.3 Å². The molecule has 0 aliphatic heterocycles. The first kappa shape index (κ1) is 15.9. The molecule has 0 atom stereocenters. The standard InChI is InChI=1S/C28H22/c1-15-7-5-9-19-23(15)21-13-11-18(4)26-20-10-6-8-16(2)24(20)22-14-12-17(3)25(19)28(22)27(21)26/h5-14H,1-4H3. The first-order chi connectivity index (χ1) is 13.6. The molecule has 0 radical (unpaired) electrons. The highest BCUT2D eigenvalue weighted by Crippen LogP contribution is 2.47. The van der Waals surface area contributed by atoms with Crippen molar-refractivity contribution < 1.29 is 0 Å². The summed E-state index contributed by atoms with van der Waals surface area (Å²) in [6.45, 7) is 9.01. The first-order valence-corrected chi connectivity index (χ1v) is 10.1. The van der Waals surface area contributed by atoms with Crippen LogP contribution in [0.25, 0.3) is 53.9 Å². The lowest BCUT2D eigenvalue weighted by molar-refractivity contribution is 1.51. The molecule has 0 saturated heterocycles. The van der Waals surface area contributed by atoms with Crippen molar-refractivity contribution in [1.82, 2.24) is 0 Å². The summed E-state index contributed by atoms with van der Waals surface area (Å²) in [6, 6.07) is 22.8. The van der Waals surface area contributed by atoms with Crippen LogP contribution in [-0.4, -0.2) is 0 Å². The summed E-state index contributed by atoms with van der Waals surface area (Å²) in [5, 5.41) is 14.1. The van der Waals surface area contributed by atoms with E-state index in [9.17, 15) is 0 Å². The molecule has 6 aromatic carbocycles. The normalized spacial score (nSPS) is 12.3. The Morgan fingerprint density at radius 1 is 0.321 bits per heavy atom. The van der Waals surface area contributed by atoms with Gasteiger partial charge in [0.25, 0.3) is 0 Å². The number of hydrogen-bond acceptors (Lipinski definition) is 0. The Hall–Kier alpha value is -3.12. The predicted octanol–water partition coefficient (Wildman–Crippen LogP) is 8.12. The lowest BCUT2D eigenvalue weighted by Crippen LogP contribution is -1.94. The third kappa shape index (κ3) is 1.76. The lowest BCUT2D eigenvalue weighted by atomic mass is 9.82. The Morgan fingerprint density at radius 2 is 0.679 bits per heavy atom. The first-order valence-electron chi connectivity index (χ1n) is 10.1. The molecule has 0 bridgehead atoms. The SMILES string of the molecule is Cc1cccc2c1c1ccc(C)c3c4cccc(C)c4c4ccc(C)c2c4c13. The van der Waals surface area contributed by atoms with E-state index >= 15 is 0 Å². The van der Waals surface area contributed by atoms with Crippen LogP contribution in [-0.2, 0) is 0 Å². The van der Waals surface area contributed by atoms with E-state index in [2.05, 4.69) is 88.4 Å². The molecule has 0 aliphatic rings. The summed E-state index contributed by atoms with van der Waals surface area (Å²) in [4.78, 5) is 0. The van der Waals surface area contributed by atoms with Crippen LogP contribution in [0.2, 0.25) is 0 Å². The fourth-order valence-corrected chi connectivity index (χ4v) is 5.51. The van der Waals surface area contributed by atoms with Gasteiger partial charge in [-0.1, -0.05) is 60.7 Å². The predicted molar refractivity (Wildman–Crippen MR) is 124 cm³/mol. The fourth-order valence-electron chi connectivity index (χ4n) is 5.51. The zero-order valence-electron chi connectivity index (χ0n) is 16.8. The third-order valence-corrected chi connectivity index (χ3v) is 6.70. The zero-order valence-corrected chi connectivity index (χ0v) is 16.8. The molecule has 28 heavy (non-hydrogen) atoms. The summed E-state index contributed by atoms with van der Waals surface area (Å²) < 4.78 is 0. The van der Waals surface area contributed by atoms with Gasteiger partial charge < -0.3 is 0 Å². The maximum atomic E-state index is 2.34. The minimum atomic E-state index is 1.36. The van der Waals surface area contributed by atoms with E-state index in [0.717, 1.165) is 0 Å². The topological polar surface area (TPSA) is 0 Å². The Labute approximate surface area is 164 Å². The smallest absolute Gasteiger partial charge is 0.00110 e. The molecule has 0 unspecified atom stereocenters. The molecule has 0 aliphatic carbocycles. The second-order valence-corrected chi connectivity index (χ2v) is 8.35. The summed E-state index contributed by atoms with van der Waals surface area (Å²) in [5.74, 6) is 0. The van der Waals surface area contributed by atoms with E-state index in [1.165, 1.54) is 76.1 Å². The Morgan fingerprint density at radius 3 is 1.11 bits per heavy atom. The van der Waals surface area contributed by atoms with Crippen molar-refractivity contribution in [1.29, 1.82) is 0 Å². The van der Waals surface area contributed by atoms with Crippen molar-refractivity contribution in [2.24, 2.45) is 0 Å². The molecule has 0 spiro atoms. The van der Waals surface area contributed by atoms with Crippen molar-refractivity contribution in [3.63, 3.8) is 0 Å². The zero-order chi connectivity index (χ0) is 19.2. The van der Waals surface area contributed by atoms with E-state index in [0.29, 0.717) is 0 Å². The molecule has 0 heteroatoms. The van der Waals surface area contributed by atoms with Gasteiger partial charge in [-0.15, -0.1) is 0 Å². The average molecular weight is 358 g/mol. The van der Waals surface area contributed by atoms with Crippen molar-refractivity contribution in [3.05, 3.63) is 82.9 Å². The number of fused-ring (bicyclic) bond motifs is 6. The van der Waals surface area contributed by atoms with Crippen molar-refractivity contribution in [2.75, 3.05) is 0 Å². The second-order valence-electron chi connectivity index (χ2n) is 8.35. The van der Waals surface area contributed by atoms with Crippen molar-refractivity contribution >= 4 is 53.9 Å². The summed E-state index contributed by atoms with van der Waals surface area (Å²) in [6.07, 6.45) is 0. The average Bonchev–Trinajstić information content (AvgIpc) is 2.68. The Kier molecular flexibility index (Phi) is 2.97. The van der Waals surface area contributed by atoms with Gasteiger partial charge in [0.05, 0.1) is 0 Å². The molecule has 0 aromatic heterocycles. The van der Waals surface area contributed by atoms with Crippen LogP contribution in [0.4, 0.5) is 0 Å². The van der Waals surface area contributed by atoms with Crippen molar-refractivity contribution in [2.45, 2.75) is 27.7 Å². The van der Waals surface area contributed by atoms with Crippen LogP contribution in [0.5, 0.6) is 0 Å². The fraction of sp³-hybridized carbons (Fsp3) is 0.143. The molecule has 6 aromatic rings. The van der Waals surface area contributed by atoms with Gasteiger partial charge >= 0.3 is 0 Å². The maximum Gasteiger partial charge on any atom is -0.00110 e. The molecule has 0 saturated carbocycles. The molecule has 0 nitrogen and oxygen atoms in total. The molecular weight excluding hydrogens is 336 g/mol. The van der Waals surface area contributed by atoms with Gasteiger partial charge in [0.1, 0.15) is 0 Å². The van der Waals surface area contributed by atoms with Crippen LogP contribution in [0.3, 0.4) is 0 Å². The molecule has 6 rings (SSSR count). The highest BCUT2D eigenvalue weighted by atomic mass is 14.2. The van der Waals surface area contributed by atoms with Gasteiger partial charge in [-0.3, -0.25) is 0 Å². The van der Waals surface area contributed by atoms with E-state index < -0.39 is 0 Å². The van der Waals surface area contributed by atoms with Crippen molar-refractivity contribution in [3.8, 4) is 0 Å². The van der Waals surface area contributed by atoms with Crippen LogP contribution in [0.15, 0.2) is 60.7 Å². The van der Waals surface area contributed by atoms with Gasteiger partial charge in [-0.05, 0) is 104 Å². The number of hydrogen-bond donors (Lipinski definition) is 0. The van der Waals surface area contributed by atoms with E-state index in [1.54, 1.807) is 0 Å². The summed E-state index contributed by atoms with van der Waals surface area (Å²) in [7, 11) is 0. The number of benzene rings is 6. The highest BCUT2D eigenvalue weighted by Gasteiger charge is 2.20. The largest absolute Gasteiger partial charge is 0.0613 e. The van der Waals surface area contributed by atoms with Gasteiger partial charge in [0.15, 0.2) is 0 Å². The van der Waals surface area contributed by atoms with Gasteiger partial charge in [-0.25, -0.2) is 0 Å². The van der Waals surface area contributed by atoms with Crippen LogP contribution >= 0.6 is 0 Å². The van der Waals surface area contributed by atoms with Crippen LogP contribution < -0.4 is 0 Å². The quantitative estimate of drug-likeness (QED) is 0.190. The molecule has 0 amide bonds. The lowest BCUT2D eigenvalue weighted by Gasteiger charge is -2.21. The maximum absolute atomic E-state index is 2.34. The van der Waals surface area contributed by atoms with Gasteiger partial charge in [0, 0.05) is 0 Å². The summed E-state index contributed by atoms with van der Waals surface area (Å²) in [5.41, 5.74) is 5.43. The Balaban J connectivity index is 2.18. The molecule has 0 heterocycles. The van der Waals surface area contributed by atoms with Gasteiger partial charge in [-0.2, -0.15) is 0 Å². The highest BCUT2D eigenvalue weighted by molar-refractivity contribution is 6.41. The van der Waals surface area contributed by atoms with E-state index in [4.69, 9.17) is 0 Å². The number of aryl methyl sites for hydroxylation is 4. The summed E-state index contributed by atoms with van der Waals surface area (Å²) >= 11 is 0. The van der Waals surface area contributed by atoms with Gasteiger partial charge in [0.2, 0.25) is 0 Å².